The van der Waals surface area contributed by atoms with Crippen molar-refractivity contribution in [1.29, 1.82) is 5.26 Å². The van der Waals surface area contributed by atoms with E-state index < -0.39 is 29.7 Å². The van der Waals surface area contributed by atoms with Gasteiger partial charge in [0.15, 0.2) is 0 Å². The first kappa shape index (κ1) is 31.4. The van der Waals surface area contributed by atoms with E-state index in [1.54, 1.807) is 30.3 Å². The molecule has 2 N–H and O–H groups in total. The van der Waals surface area contributed by atoms with Gasteiger partial charge in [0.1, 0.15) is 24.0 Å². The third-order valence-corrected chi connectivity index (χ3v) is 7.43. The van der Waals surface area contributed by atoms with Gasteiger partial charge in [0, 0.05) is 48.2 Å². The van der Waals surface area contributed by atoms with E-state index >= 15 is 0 Å². The number of anilines is 2. The zero-order chi connectivity index (χ0) is 31.0. The van der Waals surface area contributed by atoms with E-state index in [0.29, 0.717) is 40.5 Å². The number of hydrogen-bond acceptors (Lipinski definition) is 7. The van der Waals surface area contributed by atoms with Crippen LogP contribution < -0.4 is 15.5 Å². The predicted octanol–water partition coefficient (Wildman–Crippen LogP) is 5.37. The number of carbonyl (C=O) groups is 3. The first-order valence-electron chi connectivity index (χ1n) is 13.5. The van der Waals surface area contributed by atoms with E-state index in [0.717, 1.165) is 12.5 Å². The van der Waals surface area contributed by atoms with Crippen molar-refractivity contribution >= 4 is 41.2 Å². The summed E-state index contributed by atoms with van der Waals surface area (Å²) in [5.41, 5.74) is 1.24. The van der Waals surface area contributed by atoms with Gasteiger partial charge in [-0.15, -0.1) is 0 Å². The molecule has 43 heavy (non-hydrogen) atoms. The van der Waals surface area contributed by atoms with Crippen LogP contribution in [0.1, 0.15) is 55.7 Å². The molecule has 2 aromatic heterocycles. The van der Waals surface area contributed by atoms with E-state index in [4.69, 9.17) is 16.9 Å². The fraction of sp³-hybridized carbons (Fsp3) is 0.333. The number of halogens is 4. The first-order valence-corrected chi connectivity index (χ1v) is 13.9. The highest BCUT2D eigenvalue weighted by Crippen LogP contribution is 2.34. The molecule has 1 saturated heterocycles. The minimum Gasteiger partial charge on any atom is -0.369 e. The molecule has 5 rings (SSSR count). The summed E-state index contributed by atoms with van der Waals surface area (Å²) in [6.07, 6.45) is 5.41. The Kier molecular flexibility index (Phi) is 10.3. The van der Waals surface area contributed by atoms with Gasteiger partial charge < -0.3 is 15.4 Å². The molecule has 0 bridgehead atoms. The molecule has 1 aliphatic heterocycles. The largest absolute Gasteiger partial charge is 0.369 e. The number of rotatable bonds is 7. The van der Waals surface area contributed by atoms with Crippen molar-refractivity contribution in [2.75, 3.05) is 10.2 Å². The first-order chi connectivity index (χ1) is 20.6. The molecule has 13 heteroatoms. The molecular weight excluding hydrogens is 585 g/mol. The highest BCUT2D eigenvalue weighted by Gasteiger charge is 2.36. The molecule has 3 heterocycles. The lowest BCUT2D eigenvalue weighted by Gasteiger charge is -2.30. The minimum atomic E-state index is -2.67. The fourth-order valence-corrected chi connectivity index (χ4v) is 5.12. The number of benzene rings is 1. The molecule has 2 atom stereocenters. The van der Waals surface area contributed by atoms with Gasteiger partial charge in [0.05, 0.1) is 35.8 Å². The average Bonchev–Trinajstić information content (AvgIpc) is 3.38. The van der Waals surface area contributed by atoms with Crippen LogP contribution in [0.3, 0.4) is 0 Å². The van der Waals surface area contributed by atoms with Crippen molar-refractivity contribution < 1.29 is 27.6 Å². The SMILES string of the molecule is N#Cc1ccnc(N2C(=O)CC[C@H]2C=O)c1.O=C(NC1CCC(F)(F)CC1)[C@@H](Nc1cncc(F)c1)c1ccccc1Cl. The van der Waals surface area contributed by atoms with Gasteiger partial charge in [0.2, 0.25) is 17.7 Å². The summed E-state index contributed by atoms with van der Waals surface area (Å²) in [5.74, 6) is -3.39. The van der Waals surface area contributed by atoms with Gasteiger partial charge >= 0.3 is 0 Å². The van der Waals surface area contributed by atoms with Crippen LogP contribution in [0.5, 0.6) is 0 Å². The lowest BCUT2D eigenvalue weighted by atomic mass is 9.92. The fourth-order valence-electron chi connectivity index (χ4n) is 4.87. The Hall–Kier alpha value is -4.50. The highest BCUT2D eigenvalue weighted by molar-refractivity contribution is 6.31. The standard InChI is InChI=1S/C19H19ClF3N3O.C11H9N3O2/c20-16-4-2-1-3-15(16)17(25-14-9-12(21)10-24-11-14)18(27)26-13-5-7-19(22,23)8-6-13;12-6-8-3-4-13-10(5-8)14-9(7-15)1-2-11(14)16/h1-4,9-11,13,17,25H,5-8H2,(H,26,27);3-5,7,9H,1-2H2/t17-;9-/m00/s1. The molecule has 224 valence electrons. The maximum Gasteiger partial charge on any atom is 0.248 e. The van der Waals surface area contributed by atoms with Crippen molar-refractivity contribution in [3.05, 3.63) is 83.0 Å². The number of pyridine rings is 2. The number of amides is 2. The van der Waals surface area contributed by atoms with Gasteiger partial charge in [-0.25, -0.2) is 18.2 Å². The second-order valence-corrected chi connectivity index (χ2v) is 10.6. The number of aldehydes is 1. The summed E-state index contributed by atoms with van der Waals surface area (Å²) in [4.78, 5) is 44.4. The molecule has 9 nitrogen and oxygen atoms in total. The molecular formula is C30H28ClF3N6O3. The van der Waals surface area contributed by atoms with E-state index in [1.165, 1.54) is 29.4 Å². The quantitative estimate of drug-likeness (QED) is 0.343. The Balaban J connectivity index is 0.000000225. The second kappa shape index (κ2) is 14.1. The summed E-state index contributed by atoms with van der Waals surface area (Å²) in [7, 11) is 0. The average molecular weight is 613 g/mol. The van der Waals surface area contributed by atoms with Crippen molar-refractivity contribution in [1.82, 2.24) is 15.3 Å². The molecule has 0 radical (unpaired) electrons. The molecule has 0 spiro atoms. The topological polar surface area (TPSA) is 128 Å². The zero-order valence-corrected chi connectivity index (χ0v) is 23.6. The Bertz CT molecular complexity index is 1510. The summed E-state index contributed by atoms with van der Waals surface area (Å²) < 4.78 is 40.1. The highest BCUT2D eigenvalue weighted by atomic mass is 35.5. The van der Waals surface area contributed by atoms with Crippen molar-refractivity contribution in [2.24, 2.45) is 0 Å². The molecule has 0 unspecified atom stereocenters. The molecule has 1 aliphatic carbocycles. The third-order valence-electron chi connectivity index (χ3n) is 7.09. The van der Waals surface area contributed by atoms with Crippen LogP contribution in [0.15, 0.2) is 61.1 Å². The maximum atomic E-state index is 13.4. The van der Waals surface area contributed by atoms with Crippen molar-refractivity contribution in [3.63, 3.8) is 0 Å². The summed E-state index contributed by atoms with van der Waals surface area (Å²) in [6.45, 7) is 0. The number of alkyl halides is 2. The summed E-state index contributed by atoms with van der Waals surface area (Å²) in [6, 6.07) is 11.3. The molecule has 1 aromatic carbocycles. The van der Waals surface area contributed by atoms with Crippen molar-refractivity contribution in [3.8, 4) is 6.07 Å². The van der Waals surface area contributed by atoms with E-state index in [-0.39, 0.29) is 37.6 Å². The van der Waals surface area contributed by atoms with Gasteiger partial charge in [0.25, 0.3) is 0 Å². The van der Waals surface area contributed by atoms with Crippen molar-refractivity contribution in [2.45, 2.75) is 62.6 Å². The third kappa shape index (κ3) is 8.29. The predicted molar refractivity (Wildman–Crippen MR) is 153 cm³/mol. The van der Waals surface area contributed by atoms with Crippen LogP contribution in [0.25, 0.3) is 0 Å². The van der Waals surface area contributed by atoms with Crippen LogP contribution in [0.4, 0.5) is 24.7 Å². The van der Waals surface area contributed by atoms with E-state index in [9.17, 15) is 27.6 Å². The number of carbonyl (C=O) groups excluding carboxylic acids is 3. The van der Waals surface area contributed by atoms with Gasteiger partial charge in [-0.1, -0.05) is 29.8 Å². The van der Waals surface area contributed by atoms with Gasteiger partial charge in [-0.3, -0.25) is 19.5 Å². The Morgan fingerprint density at radius 2 is 1.91 bits per heavy atom. The van der Waals surface area contributed by atoms with Crippen LogP contribution in [0.2, 0.25) is 5.02 Å². The van der Waals surface area contributed by atoms with E-state index in [1.807, 2.05) is 6.07 Å². The Morgan fingerprint density at radius 3 is 2.58 bits per heavy atom. The lowest BCUT2D eigenvalue weighted by Crippen LogP contribution is -2.43. The number of nitrogens with zero attached hydrogens (tertiary/aromatic N) is 4. The number of nitrogens with one attached hydrogen (secondary N) is 2. The molecule has 3 aromatic rings. The van der Waals surface area contributed by atoms with Crippen LogP contribution in [-0.4, -0.2) is 46.1 Å². The smallest absolute Gasteiger partial charge is 0.248 e. The normalized spacial score (nSPS) is 18.5. The number of hydrogen-bond donors (Lipinski definition) is 2. The number of nitriles is 1. The molecule has 2 amide bonds. The lowest BCUT2D eigenvalue weighted by molar-refractivity contribution is -0.123. The van der Waals surface area contributed by atoms with Crippen LogP contribution >= 0.6 is 11.6 Å². The van der Waals surface area contributed by atoms with Gasteiger partial charge in [-0.2, -0.15) is 5.26 Å². The van der Waals surface area contributed by atoms with Crippen LogP contribution in [0, 0.1) is 17.1 Å². The summed E-state index contributed by atoms with van der Waals surface area (Å²) in [5, 5.41) is 14.9. The number of aromatic nitrogens is 2. The summed E-state index contributed by atoms with van der Waals surface area (Å²) >= 11 is 6.23. The minimum absolute atomic E-state index is 0.125. The molecule has 2 aliphatic rings. The Labute approximate surface area is 251 Å². The Morgan fingerprint density at radius 1 is 1.16 bits per heavy atom. The van der Waals surface area contributed by atoms with Gasteiger partial charge in [-0.05, 0) is 37.5 Å². The van der Waals surface area contributed by atoms with E-state index in [2.05, 4.69) is 20.6 Å². The van der Waals surface area contributed by atoms with Crippen LogP contribution in [-0.2, 0) is 14.4 Å². The maximum absolute atomic E-state index is 13.4. The zero-order valence-electron chi connectivity index (χ0n) is 22.9. The molecule has 1 saturated carbocycles. The second-order valence-electron chi connectivity index (χ2n) is 10.1. The molecule has 2 fully saturated rings. The monoisotopic (exact) mass is 612 g/mol.